The van der Waals surface area contributed by atoms with Gasteiger partial charge in [0, 0.05) is 49.4 Å². The van der Waals surface area contributed by atoms with Crippen LogP contribution in [-0.4, -0.2) is 70.5 Å². The number of hydrogen-bond acceptors (Lipinski definition) is 7. The van der Waals surface area contributed by atoms with E-state index in [0.717, 1.165) is 68.2 Å². The highest BCUT2D eigenvalue weighted by atomic mass is 16.5. The van der Waals surface area contributed by atoms with Gasteiger partial charge < -0.3 is 15.0 Å². The molecular weight excluding hydrogens is 354 g/mol. The maximum atomic E-state index is 5.34. The Morgan fingerprint density at radius 1 is 1.11 bits per heavy atom. The first-order chi connectivity index (χ1) is 13.7. The van der Waals surface area contributed by atoms with Gasteiger partial charge in [-0.25, -0.2) is 9.97 Å². The molecule has 4 heterocycles. The van der Waals surface area contributed by atoms with Crippen molar-refractivity contribution in [1.82, 2.24) is 25.1 Å². The van der Waals surface area contributed by atoms with Gasteiger partial charge in [-0.2, -0.15) is 5.10 Å². The normalized spacial score (nSPS) is 21.4. The Bertz CT molecular complexity index is 835. The third-order valence-corrected chi connectivity index (χ3v) is 6.37. The van der Waals surface area contributed by atoms with Gasteiger partial charge in [-0.1, -0.05) is 6.42 Å². The molecule has 0 amide bonds. The number of rotatable bonds is 5. The van der Waals surface area contributed by atoms with Crippen LogP contribution in [0.3, 0.4) is 0 Å². The third-order valence-electron chi connectivity index (χ3n) is 6.37. The summed E-state index contributed by atoms with van der Waals surface area (Å²) in [5.41, 5.74) is 2.31. The summed E-state index contributed by atoms with van der Waals surface area (Å²) in [6, 6.07) is 2.73. The second kappa shape index (κ2) is 7.33. The van der Waals surface area contributed by atoms with Crippen LogP contribution in [0.15, 0.2) is 6.07 Å². The number of aromatic nitrogens is 4. The summed E-state index contributed by atoms with van der Waals surface area (Å²) in [6.07, 6.45) is 3.84. The highest BCUT2D eigenvalue weighted by Crippen LogP contribution is 2.36. The molecule has 1 saturated carbocycles. The van der Waals surface area contributed by atoms with E-state index in [-0.39, 0.29) is 0 Å². The molecule has 3 fully saturated rings. The van der Waals surface area contributed by atoms with Crippen molar-refractivity contribution in [3.63, 3.8) is 0 Å². The summed E-state index contributed by atoms with van der Waals surface area (Å²) in [6.45, 7) is 9.91. The van der Waals surface area contributed by atoms with Gasteiger partial charge in [0.2, 0.25) is 0 Å². The van der Waals surface area contributed by atoms with E-state index in [4.69, 9.17) is 9.72 Å². The molecule has 2 saturated heterocycles. The number of anilines is 3. The van der Waals surface area contributed by atoms with E-state index in [2.05, 4.69) is 43.3 Å². The number of aromatic amines is 1. The molecule has 28 heavy (non-hydrogen) atoms. The van der Waals surface area contributed by atoms with Crippen molar-refractivity contribution < 1.29 is 4.74 Å². The Morgan fingerprint density at radius 2 is 1.89 bits per heavy atom. The molecule has 0 unspecified atom stereocenters. The summed E-state index contributed by atoms with van der Waals surface area (Å²) in [5.74, 6) is 4.15. The van der Waals surface area contributed by atoms with Gasteiger partial charge in [-0.15, -0.1) is 0 Å². The summed E-state index contributed by atoms with van der Waals surface area (Å²) in [7, 11) is 0. The minimum Gasteiger partial charge on any atom is -0.378 e. The predicted molar refractivity (Wildman–Crippen MR) is 108 cm³/mol. The fourth-order valence-corrected chi connectivity index (χ4v) is 4.23. The zero-order chi connectivity index (χ0) is 19.1. The van der Waals surface area contributed by atoms with Gasteiger partial charge in [0.05, 0.1) is 19.3 Å². The number of piperazine rings is 1. The average molecular weight is 384 g/mol. The first-order valence-electron chi connectivity index (χ1n) is 10.4. The average Bonchev–Trinajstić information content (AvgIpc) is 3.03. The maximum Gasteiger partial charge on any atom is 0.153 e. The molecule has 2 aliphatic heterocycles. The Kier molecular flexibility index (Phi) is 4.68. The minimum absolute atomic E-state index is 0.608. The van der Waals surface area contributed by atoms with Crippen LogP contribution in [0, 0.1) is 13.8 Å². The maximum absolute atomic E-state index is 5.34. The van der Waals surface area contributed by atoms with Crippen LogP contribution >= 0.6 is 0 Å². The van der Waals surface area contributed by atoms with Gasteiger partial charge in [0.15, 0.2) is 5.82 Å². The third kappa shape index (κ3) is 3.35. The lowest BCUT2D eigenvalue weighted by molar-refractivity contribution is -0.0661. The molecule has 2 aromatic heterocycles. The number of H-pyrrole nitrogens is 1. The molecular formula is C20H29N7O. The van der Waals surface area contributed by atoms with Gasteiger partial charge in [0.1, 0.15) is 17.5 Å². The van der Waals surface area contributed by atoms with Crippen molar-refractivity contribution in [2.24, 2.45) is 0 Å². The number of aryl methyl sites for hydroxylation is 1. The van der Waals surface area contributed by atoms with Crippen molar-refractivity contribution >= 4 is 17.5 Å². The number of ether oxygens (including phenoxy) is 1. The van der Waals surface area contributed by atoms with E-state index in [1.807, 2.05) is 6.92 Å². The van der Waals surface area contributed by atoms with E-state index < -0.39 is 0 Å². The van der Waals surface area contributed by atoms with Crippen molar-refractivity contribution in [2.75, 3.05) is 49.6 Å². The van der Waals surface area contributed by atoms with Crippen LogP contribution < -0.4 is 10.2 Å². The van der Waals surface area contributed by atoms with E-state index in [1.54, 1.807) is 0 Å². The molecule has 0 radical (unpaired) electrons. The quantitative estimate of drug-likeness (QED) is 0.820. The molecule has 0 bridgehead atoms. The molecule has 5 rings (SSSR count). The van der Waals surface area contributed by atoms with Crippen LogP contribution in [0.2, 0.25) is 0 Å². The Balaban J connectivity index is 1.31. The number of nitrogens with one attached hydrogen (secondary N) is 2. The summed E-state index contributed by atoms with van der Waals surface area (Å²) < 4.78 is 5.34. The molecule has 0 spiro atoms. The fraction of sp³-hybridized carbons (Fsp3) is 0.650. The second-order valence-corrected chi connectivity index (χ2v) is 8.24. The van der Waals surface area contributed by atoms with Crippen LogP contribution in [0.4, 0.5) is 17.5 Å². The predicted octanol–water partition coefficient (Wildman–Crippen LogP) is 2.35. The number of nitrogens with zero attached hydrogens (tertiary/aromatic N) is 5. The van der Waals surface area contributed by atoms with Crippen LogP contribution in [-0.2, 0) is 4.74 Å². The first-order valence-corrected chi connectivity index (χ1v) is 10.4. The lowest BCUT2D eigenvalue weighted by Gasteiger charge is -2.43. The molecule has 3 aliphatic rings. The fourth-order valence-electron chi connectivity index (χ4n) is 4.23. The Hall–Kier alpha value is -2.19. The van der Waals surface area contributed by atoms with Crippen LogP contribution in [0.5, 0.6) is 0 Å². The van der Waals surface area contributed by atoms with E-state index in [1.165, 1.54) is 25.0 Å². The Morgan fingerprint density at radius 3 is 2.54 bits per heavy atom. The second-order valence-electron chi connectivity index (χ2n) is 8.24. The SMILES string of the molecule is Cc1nc(Nc2cc(C3CCC3)[nH]n2)c(C)c(N2CCN(C3COC3)CC2)n1. The Labute approximate surface area is 165 Å². The first kappa shape index (κ1) is 17.9. The monoisotopic (exact) mass is 383 g/mol. The molecule has 2 aromatic rings. The van der Waals surface area contributed by atoms with Crippen LogP contribution in [0.25, 0.3) is 0 Å². The molecule has 0 aromatic carbocycles. The van der Waals surface area contributed by atoms with Gasteiger partial charge in [-0.05, 0) is 26.7 Å². The molecule has 0 atom stereocenters. The summed E-state index contributed by atoms with van der Waals surface area (Å²) >= 11 is 0. The van der Waals surface area contributed by atoms with Gasteiger partial charge in [0.25, 0.3) is 0 Å². The number of hydrogen-bond donors (Lipinski definition) is 2. The summed E-state index contributed by atoms with van der Waals surface area (Å²) in [5, 5.41) is 11.0. The lowest BCUT2D eigenvalue weighted by atomic mass is 9.83. The van der Waals surface area contributed by atoms with Gasteiger partial charge >= 0.3 is 0 Å². The standard InChI is InChI=1S/C20H29N7O/c1-13-19(23-18-10-17(24-25-18)15-4-3-5-15)21-14(2)22-20(13)27-8-6-26(7-9-27)16-11-28-12-16/h10,15-16H,3-9,11-12H2,1-2H3,(H2,21,22,23,24,25). The van der Waals surface area contributed by atoms with Crippen LogP contribution in [0.1, 0.15) is 42.3 Å². The van der Waals surface area contributed by atoms with Crippen molar-refractivity contribution in [2.45, 2.75) is 45.1 Å². The molecule has 150 valence electrons. The minimum atomic E-state index is 0.608. The van der Waals surface area contributed by atoms with Crippen molar-refractivity contribution in [1.29, 1.82) is 0 Å². The van der Waals surface area contributed by atoms with E-state index in [0.29, 0.717) is 12.0 Å². The molecule has 8 heteroatoms. The molecule has 2 N–H and O–H groups in total. The van der Waals surface area contributed by atoms with E-state index in [9.17, 15) is 0 Å². The van der Waals surface area contributed by atoms with E-state index >= 15 is 0 Å². The largest absolute Gasteiger partial charge is 0.378 e. The van der Waals surface area contributed by atoms with Crippen molar-refractivity contribution in [3.8, 4) is 0 Å². The zero-order valence-corrected chi connectivity index (χ0v) is 16.7. The van der Waals surface area contributed by atoms with Gasteiger partial charge in [-0.3, -0.25) is 10.00 Å². The topological polar surface area (TPSA) is 82.2 Å². The molecule has 8 nitrogen and oxygen atoms in total. The smallest absolute Gasteiger partial charge is 0.153 e. The lowest BCUT2D eigenvalue weighted by Crippen LogP contribution is -2.56. The molecule has 1 aliphatic carbocycles. The highest BCUT2D eigenvalue weighted by Gasteiger charge is 2.30. The summed E-state index contributed by atoms with van der Waals surface area (Å²) in [4.78, 5) is 14.3. The van der Waals surface area contributed by atoms with Crippen molar-refractivity contribution in [3.05, 3.63) is 23.1 Å². The zero-order valence-electron chi connectivity index (χ0n) is 16.7. The highest BCUT2D eigenvalue weighted by molar-refractivity contribution is 5.64.